The number of nitrogens with zero attached hydrogens (tertiary/aromatic N) is 3. The van der Waals surface area contributed by atoms with Gasteiger partial charge in [0, 0.05) is 48.5 Å². The van der Waals surface area contributed by atoms with Gasteiger partial charge in [-0.1, -0.05) is 48.9 Å². The summed E-state index contributed by atoms with van der Waals surface area (Å²) in [7, 11) is 1.71. The maximum atomic E-state index is 6.77. The van der Waals surface area contributed by atoms with E-state index in [1.165, 1.54) is 6.42 Å². The molecule has 30 heavy (non-hydrogen) atoms. The molecule has 1 spiro atoms. The molecule has 3 heterocycles. The predicted octanol–water partition coefficient (Wildman–Crippen LogP) is 5.09. The van der Waals surface area contributed by atoms with Crippen molar-refractivity contribution < 1.29 is 9.47 Å². The van der Waals surface area contributed by atoms with Crippen LogP contribution in [0.15, 0.2) is 47.6 Å². The number of halogens is 1. The van der Waals surface area contributed by atoms with E-state index in [1.807, 2.05) is 30.3 Å². The maximum Gasteiger partial charge on any atom is 0.200 e. The number of methoxy groups -OCH3 is 1. The molecular formula is C24H28ClN3O2. The van der Waals surface area contributed by atoms with Crippen LogP contribution in [0, 0.1) is 0 Å². The molecule has 1 unspecified atom stereocenters. The van der Waals surface area contributed by atoms with E-state index in [9.17, 15) is 0 Å². The minimum Gasteiger partial charge on any atom is -0.493 e. The van der Waals surface area contributed by atoms with Crippen molar-refractivity contribution in [3.8, 4) is 11.5 Å². The number of benzene rings is 2. The van der Waals surface area contributed by atoms with E-state index in [0.717, 1.165) is 72.3 Å². The smallest absolute Gasteiger partial charge is 0.200 e. The number of para-hydroxylation sites is 1. The van der Waals surface area contributed by atoms with Crippen molar-refractivity contribution in [2.24, 2.45) is 5.10 Å². The van der Waals surface area contributed by atoms with Gasteiger partial charge in [-0.2, -0.15) is 5.10 Å². The summed E-state index contributed by atoms with van der Waals surface area (Å²) in [6.45, 7) is 5.39. The summed E-state index contributed by atoms with van der Waals surface area (Å²) in [5.74, 6) is 1.68. The quantitative estimate of drug-likeness (QED) is 0.683. The molecule has 0 radical (unpaired) electrons. The predicted molar refractivity (Wildman–Crippen MR) is 120 cm³/mol. The van der Waals surface area contributed by atoms with E-state index in [-0.39, 0.29) is 6.04 Å². The van der Waals surface area contributed by atoms with Crippen LogP contribution < -0.4 is 9.47 Å². The highest BCUT2D eigenvalue weighted by Gasteiger charge is 2.52. The van der Waals surface area contributed by atoms with E-state index in [2.05, 4.69) is 29.0 Å². The molecule has 1 saturated heterocycles. The molecule has 0 bridgehead atoms. The van der Waals surface area contributed by atoms with Gasteiger partial charge < -0.3 is 14.4 Å². The van der Waals surface area contributed by atoms with Crippen LogP contribution in [0.1, 0.15) is 49.8 Å². The summed E-state index contributed by atoms with van der Waals surface area (Å²) in [6.07, 6.45) is 3.82. The van der Waals surface area contributed by atoms with Crippen LogP contribution in [0.4, 0.5) is 0 Å². The van der Waals surface area contributed by atoms with Crippen molar-refractivity contribution in [2.75, 3.05) is 26.7 Å². The second kappa shape index (κ2) is 7.78. The van der Waals surface area contributed by atoms with E-state index >= 15 is 0 Å². The van der Waals surface area contributed by atoms with Gasteiger partial charge in [0.05, 0.1) is 18.9 Å². The number of hydrogen-bond donors (Lipinski definition) is 0. The Balaban J connectivity index is 1.56. The largest absolute Gasteiger partial charge is 0.493 e. The van der Waals surface area contributed by atoms with E-state index in [0.29, 0.717) is 0 Å². The third kappa shape index (κ3) is 3.15. The highest BCUT2D eigenvalue weighted by atomic mass is 35.5. The average molecular weight is 426 g/mol. The van der Waals surface area contributed by atoms with Crippen molar-refractivity contribution in [3.63, 3.8) is 0 Å². The third-order valence-corrected chi connectivity index (χ3v) is 6.90. The van der Waals surface area contributed by atoms with Crippen LogP contribution in [0.5, 0.6) is 11.5 Å². The number of hydrogen-bond acceptors (Lipinski definition) is 5. The number of ether oxygens (including phenoxy) is 2. The van der Waals surface area contributed by atoms with Gasteiger partial charge in [-0.15, -0.1) is 0 Å². The molecule has 2 aromatic carbocycles. The summed E-state index contributed by atoms with van der Waals surface area (Å²) in [4.78, 5) is 2.52. The van der Waals surface area contributed by atoms with Gasteiger partial charge in [0.2, 0.25) is 5.72 Å². The molecule has 5 rings (SSSR count). The zero-order valence-electron chi connectivity index (χ0n) is 17.6. The summed E-state index contributed by atoms with van der Waals surface area (Å²) in [5.41, 5.74) is 2.73. The van der Waals surface area contributed by atoms with Crippen LogP contribution in [0.25, 0.3) is 0 Å². The number of likely N-dealkylation sites (tertiary alicyclic amines) is 1. The Hall–Kier alpha value is -2.24. The number of fused-ring (bicyclic) bond motifs is 4. The lowest BCUT2D eigenvalue weighted by Crippen LogP contribution is -2.59. The van der Waals surface area contributed by atoms with E-state index in [1.54, 1.807) is 7.11 Å². The summed E-state index contributed by atoms with van der Waals surface area (Å²) >= 11 is 6.52. The molecular weight excluding hydrogens is 398 g/mol. The van der Waals surface area contributed by atoms with Gasteiger partial charge in [0.25, 0.3) is 0 Å². The first-order valence-corrected chi connectivity index (χ1v) is 11.2. The standard InChI is InChI=1S/C24H28ClN3O2/c1-3-13-27-14-11-24(12-15-27)28-21(18-8-6-10-22(29-2)23(18)30-24)16-20(26-28)17-7-4-5-9-19(17)25/h4-10,21H,3,11-16H2,1-2H3. The van der Waals surface area contributed by atoms with E-state index < -0.39 is 5.72 Å². The first-order valence-electron chi connectivity index (χ1n) is 10.8. The molecule has 6 heteroatoms. The Bertz CT molecular complexity index is 969. The second-order valence-electron chi connectivity index (χ2n) is 8.36. The maximum absolute atomic E-state index is 6.77. The highest BCUT2D eigenvalue weighted by molar-refractivity contribution is 6.34. The van der Waals surface area contributed by atoms with Crippen LogP contribution in [0.3, 0.4) is 0 Å². The number of hydrazone groups is 1. The third-order valence-electron chi connectivity index (χ3n) is 6.57. The fourth-order valence-electron chi connectivity index (χ4n) is 5.06. The molecule has 1 atom stereocenters. The lowest BCUT2D eigenvalue weighted by molar-refractivity contribution is -0.150. The van der Waals surface area contributed by atoms with Gasteiger partial charge in [0.1, 0.15) is 0 Å². The Morgan fingerprint density at radius 3 is 2.70 bits per heavy atom. The lowest BCUT2D eigenvalue weighted by atomic mass is 9.90. The molecule has 3 aliphatic heterocycles. The van der Waals surface area contributed by atoms with Gasteiger partial charge in [-0.3, -0.25) is 0 Å². The molecule has 5 nitrogen and oxygen atoms in total. The lowest BCUT2D eigenvalue weighted by Gasteiger charge is -2.51. The van der Waals surface area contributed by atoms with Gasteiger partial charge in [-0.05, 0) is 25.1 Å². The van der Waals surface area contributed by atoms with E-state index in [4.69, 9.17) is 26.2 Å². The monoisotopic (exact) mass is 425 g/mol. The second-order valence-corrected chi connectivity index (χ2v) is 8.77. The zero-order chi connectivity index (χ0) is 20.7. The summed E-state index contributed by atoms with van der Waals surface area (Å²) in [5, 5.41) is 8.10. The zero-order valence-corrected chi connectivity index (χ0v) is 18.4. The van der Waals surface area contributed by atoms with Crippen molar-refractivity contribution in [1.29, 1.82) is 0 Å². The Morgan fingerprint density at radius 1 is 1.17 bits per heavy atom. The van der Waals surface area contributed by atoms with Gasteiger partial charge >= 0.3 is 0 Å². The first-order chi connectivity index (χ1) is 14.6. The number of piperidine rings is 1. The Labute approximate surface area is 183 Å². The highest BCUT2D eigenvalue weighted by Crippen LogP contribution is 2.52. The minimum absolute atomic E-state index is 0.132. The number of rotatable bonds is 4. The minimum atomic E-state index is -0.445. The molecule has 2 aromatic rings. The fourth-order valence-corrected chi connectivity index (χ4v) is 5.31. The van der Waals surface area contributed by atoms with Crippen LogP contribution in [-0.2, 0) is 0 Å². The molecule has 0 aromatic heterocycles. The van der Waals surface area contributed by atoms with Gasteiger partial charge in [-0.25, -0.2) is 5.01 Å². The van der Waals surface area contributed by atoms with Crippen molar-refractivity contribution in [1.82, 2.24) is 9.91 Å². The van der Waals surface area contributed by atoms with Gasteiger partial charge in [0.15, 0.2) is 11.5 Å². The molecule has 158 valence electrons. The molecule has 0 N–H and O–H groups in total. The molecule has 3 aliphatic rings. The molecule has 1 fully saturated rings. The van der Waals surface area contributed by atoms with Crippen molar-refractivity contribution >= 4 is 17.3 Å². The Morgan fingerprint density at radius 2 is 1.97 bits per heavy atom. The SMILES string of the molecule is CCCN1CCC2(CC1)Oc1c(OC)cccc1C1CC(c3ccccc3Cl)=NN12. The first kappa shape index (κ1) is 19.7. The molecule has 0 saturated carbocycles. The normalized spacial score (nSPS) is 22.3. The summed E-state index contributed by atoms with van der Waals surface area (Å²) in [6, 6.07) is 14.3. The fraction of sp³-hybridized carbons (Fsp3) is 0.458. The van der Waals surface area contributed by atoms with Crippen molar-refractivity contribution in [3.05, 3.63) is 58.6 Å². The molecule has 0 aliphatic carbocycles. The van der Waals surface area contributed by atoms with Crippen LogP contribution >= 0.6 is 11.6 Å². The molecule has 0 amide bonds. The Kier molecular flexibility index (Phi) is 5.11. The van der Waals surface area contributed by atoms with Crippen LogP contribution in [0.2, 0.25) is 5.02 Å². The van der Waals surface area contributed by atoms with Crippen LogP contribution in [-0.4, -0.2) is 48.1 Å². The van der Waals surface area contributed by atoms with Crippen molar-refractivity contribution in [2.45, 2.75) is 44.4 Å². The summed E-state index contributed by atoms with van der Waals surface area (Å²) < 4.78 is 12.4. The average Bonchev–Trinajstić information content (AvgIpc) is 3.22. The topological polar surface area (TPSA) is 37.3 Å².